The maximum Gasteiger partial charge on any atom is 0.270 e. The van der Waals surface area contributed by atoms with Gasteiger partial charge in [0.2, 0.25) is 6.23 Å². The minimum Gasteiger partial charge on any atom is -0.325 e. The first-order chi connectivity index (χ1) is 9.66. The number of hydrogen-bond acceptors (Lipinski definition) is 3. The van der Waals surface area contributed by atoms with Gasteiger partial charge in [0.05, 0.1) is 34.7 Å². The van der Waals surface area contributed by atoms with Crippen molar-refractivity contribution in [3.63, 3.8) is 0 Å². The summed E-state index contributed by atoms with van der Waals surface area (Å²) in [6.45, 7) is 1.76. The molecule has 0 radical (unpaired) electrons. The highest BCUT2D eigenvalue weighted by Crippen LogP contribution is 2.29. The fourth-order valence-corrected chi connectivity index (χ4v) is 3.57. The number of hydrogen-bond donors (Lipinski definition) is 1. The predicted octanol–water partition coefficient (Wildman–Crippen LogP) is 2.10. The molecule has 0 spiro atoms. The van der Waals surface area contributed by atoms with Gasteiger partial charge in [0.25, 0.3) is 5.69 Å². The molecule has 0 bridgehead atoms. The Kier molecular flexibility index (Phi) is 3.92. The molecule has 5 nitrogen and oxygen atoms in total. The van der Waals surface area contributed by atoms with Crippen molar-refractivity contribution in [2.45, 2.75) is 38.0 Å². The summed E-state index contributed by atoms with van der Waals surface area (Å²) in [4.78, 5) is 11.9. The molecule has 108 valence electrons. The summed E-state index contributed by atoms with van der Waals surface area (Å²) in [6.07, 6.45) is 4.56. The standard InChI is InChI=1S/C14H17ClN2O3/c15-13-5-4-11(17(18)19)9-12(13)14-16-7-2-1-3-10(16)6-8-20-14/h4-5,9-10,14H,1-3,6-8H2/p+1/t10-,14+/m1/s1. The summed E-state index contributed by atoms with van der Waals surface area (Å²) in [6, 6.07) is 5.21. The van der Waals surface area contributed by atoms with E-state index in [0.717, 1.165) is 18.5 Å². The summed E-state index contributed by atoms with van der Waals surface area (Å²) < 4.78 is 5.90. The van der Waals surface area contributed by atoms with Crippen molar-refractivity contribution in [2.24, 2.45) is 0 Å². The molecule has 2 aliphatic heterocycles. The molecular formula is C14H18ClN2O3+. The Balaban J connectivity index is 1.94. The summed E-state index contributed by atoms with van der Waals surface area (Å²) in [7, 11) is 0. The number of ether oxygens (including phenoxy) is 1. The number of nitrogens with zero attached hydrogens (tertiary/aromatic N) is 1. The van der Waals surface area contributed by atoms with Crippen LogP contribution in [-0.4, -0.2) is 24.1 Å². The van der Waals surface area contributed by atoms with E-state index in [2.05, 4.69) is 0 Å². The van der Waals surface area contributed by atoms with E-state index in [1.54, 1.807) is 12.1 Å². The summed E-state index contributed by atoms with van der Waals surface area (Å²) in [5.74, 6) is 0. The van der Waals surface area contributed by atoms with Crippen LogP contribution < -0.4 is 4.90 Å². The molecule has 2 saturated heterocycles. The average molecular weight is 298 g/mol. The predicted molar refractivity (Wildman–Crippen MR) is 74.9 cm³/mol. The molecule has 3 rings (SSSR count). The Morgan fingerprint density at radius 3 is 3.00 bits per heavy atom. The Labute approximate surface area is 122 Å². The molecule has 1 N–H and O–H groups in total. The number of nitro groups is 1. The first-order valence-corrected chi connectivity index (χ1v) is 7.45. The molecule has 2 heterocycles. The van der Waals surface area contributed by atoms with Crippen molar-refractivity contribution in [3.05, 3.63) is 38.9 Å². The van der Waals surface area contributed by atoms with Gasteiger partial charge in [0.1, 0.15) is 0 Å². The van der Waals surface area contributed by atoms with Gasteiger partial charge in [0, 0.05) is 18.6 Å². The smallest absolute Gasteiger partial charge is 0.270 e. The van der Waals surface area contributed by atoms with Crippen LogP contribution in [0.4, 0.5) is 5.69 Å². The van der Waals surface area contributed by atoms with Crippen LogP contribution in [0.1, 0.15) is 37.5 Å². The maximum atomic E-state index is 10.9. The number of fused-ring (bicyclic) bond motifs is 1. The van der Waals surface area contributed by atoms with E-state index in [1.165, 1.54) is 30.2 Å². The van der Waals surface area contributed by atoms with Crippen LogP contribution >= 0.6 is 11.6 Å². The van der Waals surface area contributed by atoms with Crippen molar-refractivity contribution < 1.29 is 14.6 Å². The summed E-state index contributed by atoms with van der Waals surface area (Å²) in [5, 5.41) is 11.5. The molecule has 1 unspecified atom stereocenters. The second kappa shape index (κ2) is 5.68. The van der Waals surface area contributed by atoms with Gasteiger partial charge in [-0.3, -0.25) is 10.1 Å². The Morgan fingerprint density at radius 2 is 2.20 bits per heavy atom. The lowest BCUT2D eigenvalue weighted by Gasteiger charge is -2.41. The number of piperidine rings is 1. The molecule has 0 saturated carbocycles. The van der Waals surface area contributed by atoms with Crippen LogP contribution in [0.25, 0.3) is 0 Å². The molecule has 20 heavy (non-hydrogen) atoms. The highest BCUT2D eigenvalue weighted by molar-refractivity contribution is 6.31. The second-order valence-electron chi connectivity index (χ2n) is 5.52. The van der Waals surface area contributed by atoms with E-state index >= 15 is 0 Å². The first kappa shape index (κ1) is 13.8. The molecule has 3 atom stereocenters. The van der Waals surface area contributed by atoms with Crippen LogP contribution in [0.3, 0.4) is 0 Å². The Bertz CT molecular complexity index is 521. The second-order valence-corrected chi connectivity index (χ2v) is 5.93. The van der Waals surface area contributed by atoms with E-state index in [4.69, 9.17) is 16.3 Å². The van der Waals surface area contributed by atoms with Crippen molar-refractivity contribution in [1.82, 2.24) is 0 Å². The van der Waals surface area contributed by atoms with Crippen molar-refractivity contribution in [1.29, 1.82) is 0 Å². The van der Waals surface area contributed by atoms with Crippen molar-refractivity contribution in [3.8, 4) is 0 Å². The van der Waals surface area contributed by atoms with E-state index in [1.807, 2.05) is 0 Å². The van der Waals surface area contributed by atoms with Gasteiger partial charge < -0.3 is 9.64 Å². The minimum atomic E-state index is -0.383. The monoisotopic (exact) mass is 297 g/mol. The van der Waals surface area contributed by atoms with Gasteiger partial charge in [-0.05, 0) is 25.3 Å². The third kappa shape index (κ3) is 2.53. The highest BCUT2D eigenvalue weighted by Gasteiger charge is 2.39. The lowest BCUT2D eigenvalue weighted by molar-refractivity contribution is -0.991. The van der Waals surface area contributed by atoms with E-state index in [9.17, 15) is 10.1 Å². The largest absolute Gasteiger partial charge is 0.325 e. The topological polar surface area (TPSA) is 56.8 Å². The number of quaternary nitrogens is 1. The molecule has 6 heteroatoms. The van der Waals surface area contributed by atoms with Gasteiger partial charge in [-0.15, -0.1) is 0 Å². The molecule has 1 aromatic carbocycles. The van der Waals surface area contributed by atoms with Crippen LogP contribution in [0.2, 0.25) is 5.02 Å². The average Bonchev–Trinajstić information content (AvgIpc) is 2.47. The summed E-state index contributed by atoms with van der Waals surface area (Å²) in [5.41, 5.74) is 0.828. The van der Waals surface area contributed by atoms with Crippen LogP contribution in [0.15, 0.2) is 18.2 Å². The van der Waals surface area contributed by atoms with Gasteiger partial charge in [-0.25, -0.2) is 0 Å². The van der Waals surface area contributed by atoms with E-state index in [0.29, 0.717) is 17.7 Å². The van der Waals surface area contributed by atoms with Gasteiger partial charge in [0.15, 0.2) is 0 Å². The number of non-ortho nitro benzene ring substituents is 1. The Hall–Kier alpha value is -1.17. The normalized spacial score (nSPS) is 29.8. The van der Waals surface area contributed by atoms with Crippen LogP contribution in [0.5, 0.6) is 0 Å². The fourth-order valence-electron chi connectivity index (χ4n) is 3.35. The lowest BCUT2D eigenvalue weighted by atomic mass is 9.96. The highest BCUT2D eigenvalue weighted by atomic mass is 35.5. The Morgan fingerprint density at radius 1 is 1.35 bits per heavy atom. The zero-order chi connectivity index (χ0) is 14.1. The van der Waals surface area contributed by atoms with Gasteiger partial charge in [-0.2, -0.15) is 0 Å². The SMILES string of the molecule is O=[N+]([O-])c1ccc(Cl)c([C@@H]2OCC[C@H]3CCCC[NH+]32)c1. The third-order valence-corrected chi connectivity index (χ3v) is 4.70. The molecule has 2 aliphatic rings. The molecular weight excluding hydrogens is 280 g/mol. The van der Waals surface area contributed by atoms with Crippen molar-refractivity contribution in [2.75, 3.05) is 13.2 Å². The molecule has 0 amide bonds. The minimum absolute atomic E-state index is 0.0755. The zero-order valence-electron chi connectivity index (χ0n) is 11.2. The number of halogens is 1. The fraction of sp³-hybridized carbons (Fsp3) is 0.571. The number of nitro benzene ring substituents is 1. The van der Waals surface area contributed by atoms with Crippen molar-refractivity contribution >= 4 is 17.3 Å². The number of benzene rings is 1. The number of rotatable bonds is 2. The molecule has 2 fully saturated rings. The molecule has 1 aromatic rings. The quantitative estimate of drug-likeness (QED) is 0.672. The lowest BCUT2D eigenvalue weighted by Crippen LogP contribution is -3.18. The van der Waals surface area contributed by atoms with Gasteiger partial charge in [-0.1, -0.05) is 11.6 Å². The maximum absolute atomic E-state index is 10.9. The van der Waals surface area contributed by atoms with Gasteiger partial charge >= 0.3 is 0 Å². The first-order valence-electron chi connectivity index (χ1n) is 7.08. The van der Waals surface area contributed by atoms with E-state index < -0.39 is 0 Å². The van der Waals surface area contributed by atoms with Crippen LogP contribution in [0, 0.1) is 10.1 Å². The number of nitrogens with one attached hydrogen (secondary N) is 1. The van der Waals surface area contributed by atoms with Crippen LogP contribution in [-0.2, 0) is 4.74 Å². The van der Waals surface area contributed by atoms with E-state index in [-0.39, 0.29) is 16.8 Å². The zero-order valence-corrected chi connectivity index (χ0v) is 11.9. The third-order valence-electron chi connectivity index (χ3n) is 4.35. The molecule has 0 aromatic heterocycles. The molecule has 0 aliphatic carbocycles. The summed E-state index contributed by atoms with van der Waals surface area (Å²) >= 11 is 6.25.